The Kier molecular flexibility index (Phi) is 4.61. The van der Waals surface area contributed by atoms with Crippen LogP contribution in [0, 0.1) is 24.5 Å². The lowest BCUT2D eigenvalue weighted by atomic mass is 9.76. The SMILES string of the molecule is Cc1cc(C(=O)NC2(CN)CCCC(C)C2)c(F)cc1F. The quantitative estimate of drug-likeness (QED) is 0.901. The Bertz CT molecular complexity index is 547. The molecule has 1 fully saturated rings. The highest BCUT2D eigenvalue weighted by Crippen LogP contribution is 2.32. The van der Waals surface area contributed by atoms with Crippen LogP contribution in [0.25, 0.3) is 0 Å². The summed E-state index contributed by atoms with van der Waals surface area (Å²) in [6.45, 7) is 3.95. The maximum Gasteiger partial charge on any atom is 0.254 e. The van der Waals surface area contributed by atoms with Crippen LogP contribution in [0.2, 0.25) is 0 Å². The number of amides is 1. The van der Waals surface area contributed by atoms with Crippen LogP contribution in [0.4, 0.5) is 8.78 Å². The summed E-state index contributed by atoms with van der Waals surface area (Å²) in [5.74, 6) is -1.53. The maximum atomic E-state index is 13.8. The van der Waals surface area contributed by atoms with Gasteiger partial charge in [0.15, 0.2) is 0 Å². The van der Waals surface area contributed by atoms with Gasteiger partial charge in [-0.3, -0.25) is 4.79 Å². The van der Waals surface area contributed by atoms with E-state index in [2.05, 4.69) is 12.2 Å². The summed E-state index contributed by atoms with van der Waals surface area (Å²) in [5, 5.41) is 2.89. The molecule has 2 atom stereocenters. The van der Waals surface area contributed by atoms with Gasteiger partial charge in [0.05, 0.1) is 11.1 Å². The molecule has 1 saturated carbocycles. The average molecular weight is 296 g/mol. The van der Waals surface area contributed by atoms with Crippen LogP contribution in [-0.2, 0) is 0 Å². The van der Waals surface area contributed by atoms with Crippen molar-refractivity contribution in [2.24, 2.45) is 11.7 Å². The summed E-state index contributed by atoms with van der Waals surface area (Å²) >= 11 is 0. The summed E-state index contributed by atoms with van der Waals surface area (Å²) in [4.78, 5) is 12.3. The van der Waals surface area contributed by atoms with E-state index in [4.69, 9.17) is 5.73 Å². The normalized spacial score (nSPS) is 25.7. The Balaban J connectivity index is 2.22. The van der Waals surface area contributed by atoms with Gasteiger partial charge in [0.1, 0.15) is 11.6 Å². The minimum absolute atomic E-state index is 0.125. The first-order chi connectivity index (χ1) is 9.87. The van der Waals surface area contributed by atoms with Crippen LogP contribution in [0.15, 0.2) is 12.1 Å². The topological polar surface area (TPSA) is 55.1 Å². The second-order valence-corrected chi connectivity index (χ2v) is 6.22. The van der Waals surface area contributed by atoms with Crippen LogP contribution in [-0.4, -0.2) is 18.0 Å². The van der Waals surface area contributed by atoms with Crippen molar-refractivity contribution >= 4 is 5.91 Å². The fourth-order valence-electron chi connectivity index (χ4n) is 3.15. The molecule has 2 rings (SSSR count). The maximum absolute atomic E-state index is 13.8. The van der Waals surface area contributed by atoms with Crippen LogP contribution < -0.4 is 11.1 Å². The van der Waals surface area contributed by atoms with Gasteiger partial charge in [-0.1, -0.05) is 19.8 Å². The zero-order valence-corrected chi connectivity index (χ0v) is 12.5. The Hall–Kier alpha value is -1.49. The van der Waals surface area contributed by atoms with Crippen molar-refractivity contribution in [3.05, 3.63) is 34.9 Å². The third-order valence-corrected chi connectivity index (χ3v) is 4.35. The summed E-state index contributed by atoms with van der Waals surface area (Å²) in [6.07, 6.45) is 3.68. The van der Waals surface area contributed by atoms with Gasteiger partial charge < -0.3 is 11.1 Å². The van der Waals surface area contributed by atoms with E-state index in [-0.39, 0.29) is 11.1 Å². The third kappa shape index (κ3) is 3.40. The molecule has 0 spiro atoms. The first kappa shape index (κ1) is 15.9. The summed E-state index contributed by atoms with van der Waals surface area (Å²) < 4.78 is 27.1. The van der Waals surface area contributed by atoms with Crippen molar-refractivity contribution in [3.63, 3.8) is 0 Å². The minimum atomic E-state index is -0.841. The molecule has 1 amide bonds. The van der Waals surface area contributed by atoms with Crippen molar-refractivity contribution < 1.29 is 13.6 Å². The van der Waals surface area contributed by atoms with E-state index >= 15 is 0 Å². The molecule has 1 aromatic carbocycles. The van der Waals surface area contributed by atoms with Crippen LogP contribution in [0.5, 0.6) is 0 Å². The minimum Gasteiger partial charge on any atom is -0.345 e. The lowest BCUT2D eigenvalue weighted by Crippen LogP contribution is -2.56. The summed E-state index contributed by atoms with van der Waals surface area (Å²) in [7, 11) is 0. The van der Waals surface area contributed by atoms with Crippen molar-refractivity contribution in [1.82, 2.24) is 5.32 Å². The molecule has 0 radical (unpaired) electrons. The van der Waals surface area contributed by atoms with Gasteiger partial charge in [-0.25, -0.2) is 8.78 Å². The molecule has 1 aromatic rings. The van der Waals surface area contributed by atoms with Gasteiger partial charge in [0.25, 0.3) is 5.91 Å². The molecule has 0 aliphatic heterocycles. The highest BCUT2D eigenvalue weighted by atomic mass is 19.1. The Morgan fingerprint density at radius 1 is 1.43 bits per heavy atom. The molecule has 0 bridgehead atoms. The molecule has 1 aliphatic carbocycles. The monoisotopic (exact) mass is 296 g/mol. The molecule has 3 nitrogen and oxygen atoms in total. The van der Waals surface area contributed by atoms with E-state index in [0.717, 1.165) is 31.7 Å². The van der Waals surface area contributed by atoms with Crippen molar-refractivity contribution in [2.45, 2.75) is 45.1 Å². The van der Waals surface area contributed by atoms with Gasteiger partial charge in [-0.2, -0.15) is 0 Å². The Labute approximate surface area is 123 Å². The number of carbonyl (C=O) groups is 1. The van der Waals surface area contributed by atoms with Crippen LogP contribution >= 0.6 is 0 Å². The van der Waals surface area contributed by atoms with Crippen molar-refractivity contribution in [1.29, 1.82) is 0 Å². The molecule has 0 saturated heterocycles. The molecule has 5 heteroatoms. The largest absolute Gasteiger partial charge is 0.345 e. The van der Waals surface area contributed by atoms with E-state index in [9.17, 15) is 13.6 Å². The van der Waals surface area contributed by atoms with E-state index in [1.165, 1.54) is 13.0 Å². The van der Waals surface area contributed by atoms with Gasteiger partial charge in [0.2, 0.25) is 0 Å². The average Bonchev–Trinajstić information content (AvgIpc) is 2.42. The predicted molar refractivity (Wildman–Crippen MR) is 78.0 cm³/mol. The number of benzene rings is 1. The second kappa shape index (κ2) is 6.10. The molecule has 3 N–H and O–H groups in total. The highest BCUT2D eigenvalue weighted by molar-refractivity contribution is 5.95. The third-order valence-electron chi connectivity index (χ3n) is 4.35. The fourth-order valence-corrected chi connectivity index (χ4v) is 3.15. The molecular weight excluding hydrogens is 274 g/mol. The number of hydrogen-bond donors (Lipinski definition) is 2. The smallest absolute Gasteiger partial charge is 0.254 e. The van der Waals surface area contributed by atoms with Crippen molar-refractivity contribution in [2.75, 3.05) is 6.54 Å². The standard InChI is InChI=1S/C16H22F2N2O/c1-10-4-3-5-16(8-10,9-19)20-15(21)12-6-11(2)13(17)7-14(12)18/h6-7,10H,3-5,8-9,19H2,1-2H3,(H,20,21). The zero-order chi connectivity index (χ0) is 15.6. The molecule has 1 aliphatic rings. The van der Waals surface area contributed by atoms with Gasteiger partial charge >= 0.3 is 0 Å². The number of nitrogens with two attached hydrogens (primary N) is 1. The highest BCUT2D eigenvalue weighted by Gasteiger charge is 2.35. The fraction of sp³-hybridized carbons (Fsp3) is 0.562. The number of rotatable bonds is 3. The lowest BCUT2D eigenvalue weighted by Gasteiger charge is -2.40. The molecule has 21 heavy (non-hydrogen) atoms. The van der Waals surface area contributed by atoms with Gasteiger partial charge in [-0.15, -0.1) is 0 Å². The van der Waals surface area contributed by atoms with Gasteiger partial charge in [0, 0.05) is 12.6 Å². The number of carbonyl (C=O) groups excluding carboxylic acids is 1. The van der Waals surface area contributed by atoms with E-state index in [0.29, 0.717) is 12.5 Å². The van der Waals surface area contributed by atoms with E-state index in [1.54, 1.807) is 0 Å². The van der Waals surface area contributed by atoms with E-state index in [1.807, 2.05) is 0 Å². The number of hydrogen-bond acceptors (Lipinski definition) is 2. The second-order valence-electron chi connectivity index (χ2n) is 6.22. The molecular formula is C16H22F2N2O. The first-order valence-electron chi connectivity index (χ1n) is 7.35. The lowest BCUT2D eigenvalue weighted by molar-refractivity contribution is 0.0849. The number of aryl methyl sites for hydroxylation is 1. The molecule has 116 valence electrons. The molecule has 0 heterocycles. The van der Waals surface area contributed by atoms with E-state index < -0.39 is 23.1 Å². The van der Waals surface area contributed by atoms with Crippen LogP contribution in [0.3, 0.4) is 0 Å². The predicted octanol–water partition coefficient (Wildman–Crippen LogP) is 2.91. The number of halogens is 2. The van der Waals surface area contributed by atoms with Crippen molar-refractivity contribution in [3.8, 4) is 0 Å². The summed E-state index contributed by atoms with van der Waals surface area (Å²) in [6, 6.07) is 2.00. The summed E-state index contributed by atoms with van der Waals surface area (Å²) in [5.41, 5.74) is 5.49. The van der Waals surface area contributed by atoms with Gasteiger partial charge in [-0.05, 0) is 37.3 Å². The molecule has 2 unspecified atom stereocenters. The molecule has 0 aromatic heterocycles. The van der Waals surface area contributed by atoms with Crippen LogP contribution in [0.1, 0.15) is 48.5 Å². The Morgan fingerprint density at radius 2 is 2.14 bits per heavy atom. The number of nitrogens with one attached hydrogen (secondary N) is 1. The zero-order valence-electron chi connectivity index (χ0n) is 12.5. The Morgan fingerprint density at radius 3 is 2.76 bits per heavy atom. The first-order valence-corrected chi connectivity index (χ1v) is 7.35.